The highest BCUT2D eigenvalue weighted by Gasteiger charge is 2.36. The smallest absolute Gasteiger partial charge is 0.251 e. The third-order valence-electron chi connectivity index (χ3n) is 18.8. The predicted octanol–water partition coefficient (Wildman–Crippen LogP) is 11.0. The lowest BCUT2D eigenvalue weighted by Crippen LogP contribution is -2.41. The van der Waals surface area contributed by atoms with E-state index in [4.69, 9.17) is 38.4 Å². The zero-order valence-corrected chi connectivity index (χ0v) is 62.1. The van der Waals surface area contributed by atoms with Gasteiger partial charge in [-0.25, -0.2) is 28.1 Å². The van der Waals surface area contributed by atoms with Crippen LogP contribution < -0.4 is 45.3 Å². The number of aromatic nitrogens is 6. The van der Waals surface area contributed by atoms with Crippen molar-refractivity contribution in [3.63, 3.8) is 0 Å². The van der Waals surface area contributed by atoms with Crippen LogP contribution in [0.25, 0.3) is 33.1 Å². The fourth-order valence-electron chi connectivity index (χ4n) is 13.2. The van der Waals surface area contributed by atoms with Gasteiger partial charge < -0.3 is 68.8 Å². The van der Waals surface area contributed by atoms with Gasteiger partial charge in [-0.2, -0.15) is 0 Å². The molecule has 3 aromatic heterocycles. The maximum atomic E-state index is 13.5. The Hall–Kier alpha value is -7.71. The number of ether oxygens (including phenoxy) is 3. The van der Waals surface area contributed by atoms with Crippen LogP contribution in [-0.2, 0) is 23.4 Å². The molecule has 6 aliphatic rings. The fourth-order valence-corrected chi connectivity index (χ4v) is 13.8. The normalized spacial score (nSPS) is 18.1. The summed E-state index contributed by atoms with van der Waals surface area (Å²) >= 11 is 5.42. The molecule has 15 rings (SSSR count). The van der Waals surface area contributed by atoms with Crippen LogP contribution in [-0.4, -0.2) is 186 Å². The van der Waals surface area contributed by atoms with Crippen LogP contribution in [0.2, 0.25) is 0 Å². The first-order chi connectivity index (χ1) is 49.9. The van der Waals surface area contributed by atoms with Crippen molar-refractivity contribution in [2.24, 2.45) is 0 Å². The quantitative estimate of drug-likeness (QED) is 0.0447. The van der Waals surface area contributed by atoms with Crippen molar-refractivity contribution in [3.05, 3.63) is 179 Å². The molecule has 3 unspecified atom stereocenters. The average molecular weight is 1730 g/mol. The largest absolute Gasteiger partial charge is 0.378 e. The number of benzene rings is 6. The topological polar surface area (TPSA) is 239 Å². The number of amides is 3. The minimum atomic E-state index is -0.254. The van der Waals surface area contributed by atoms with Gasteiger partial charge in [0.05, 0.1) is 130 Å². The minimum Gasteiger partial charge on any atom is -0.378 e. The second kappa shape index (κ2) is 34.7. The maximum absolute atomic E-state index is 13.5. The van der Waals surface area contributed by atoms with Crippen molar-refractivity contribution in [2.75, 3.05) is 167 Å². The second-order valence-electron chi connectivity index (χ2n) is 24.9. The van der Waals surface area contributed by atoms with Crippen LogP contribution in [0.4, 0.5) is 47.7 Å². The Balaban J connectivity index is 0.000000137. The van der Waals surface area contributed by atoms with Gasteiger partial charge in [-0.1, -0.05) is 36.4 Å². The van der Waals surface area contributed by atoms with Crippen LogP contribution in [0.5, 0.6) is 0 Å². The Bertz CT molecular complexity index is 3960. The van der Waals surface area contributed by atoms with Crippen molar-refractivity contribution in [3.8, 4) is 0 Å². The Morgan fingerprint density at radius 3 is 0.902 bits per heavy atom. The van der Waals surface area contributed by atoms with Gasteiger partial charge in [0, 0.05) is 95.2 Å². The summed E-state index contributed by atoms with van der Waals surface area (Å²) in [5, 5.41) is 8.64. The van der Waals surface area contributed by atoms with Gasteiger partial charge in [-0.3, -0.25) is 29.3 Å². The first kappa shape index (κ1) is 72.6. The molecule has 0 saturated carbocycles. The molecular formula is C72H75F3I3N15O9. The van der Waals surface area contributed by atoms with Crippen molar-refractivity contribution in [1.29, 1.82) is 0 Å². The van der Waals surface area contributed by atoms with E-state index in [1.165, 1.54) is 36.4 Å². The monoisotopic (exact) mass is 1730 g/mol. The van der Waals surface area contributed by atoms with E-state index < -0.39 is 0 Å². The molecule has 0 bridgehead atoms. The molecule has 534 valence electrons. The zero-order chi connectivity index (χ0) is 70.5. The number of hydrogen-bond acceptors (Lipinski definition) is 21. The van der Waals surface area contributed by atoms with E-state index in [2.05, 4.69) is 60.3 Å². The van der Waals surface area contributed by atoms with Gasteiger partial charge in [0.2, 0.25) is 0 Å². The van der Waals surface area contributed by atoms with E-state index in [1.807, 2.05) is 54.6 Å². The van der Waals surface area contributed by atoms with Crippen molar-refractivity contribution < 1.29 is 51.0 Å². The Kier molecular flexibility index (Phi) is 24.7. The van der Waals surface area contributed by atoms with Crippen LogP contribution in [0.3, 0.4) is 0 Å². The molecule has 24 nitrogen and oxygen atoms in total. The molecule has 6 aliphatic heterocycles. The van der Waals surface area contributed by atoms with Crippen LogP contribution in [0.1, 0.15) is 85.2 Å². The van der Waals surface area contributed by atoms with Crippen LogP contribution in [0.15, 0.2) is 128 Å². The molecular weight excluding hydrogens is 1660 g/mol. The number of nitrogens with zero attached hydrogens (tertiary/aromatic N) is 12. The van der Waals surface area contributed by atoms with E-state index in [-0.39, 0.29) is 53.3 Å². The summed E-state index contributed by atoms with van der Waals surface area (Å²) < 4.78 is 71.9. The summed E-state index contributed by atoms with van der Waals surface area (Å²) in [5.41, 5.74) is 11.5. The SMILES string of the molecule is O=C(NCCOI)c1cc(N2CCC2c2ccc(F)cc2)c2nc(N3CCOCC3)cnc2c1.O=C(NCCOI)c1cc(N2CCC2c2ccc(F)cc2)c2nc(N3CCOCC3)cnc2c1.O=C(NCCOI)c1cc(N2CCC2c2ccc(F)cc2)c2nc(N3CCOCC3)cnc2c1. The standard InChI is InChI=1S/3C24H25FIN5O3/c3*25-18-3-1-16(2-4-18)20-5-7-31(20)21-14-17(24(32)27-6-10-34-26)13-19-23(21)29-22(15-28-19)30-8-11-33-12-9-30/h3*1-4,13-15,20H,5-12H2,(H,27,32). The summed E-state index contributed by atoms with van der Waals surface area (Å²) in [6, 6.07) is 31.1. The highest BCUT2D eigenvalue weighted by atomic mass is 127. The van der Waals surface area contributed by atoms with Crippen LogP contribution in [0, 0.1) is 17.5 Å². The molecule has 102 heavy (non-hydrogen) atoms. The highest BCUT2D eigenvalue weighted by Crippen LogP contribution is 2.45. The summed E-state index contributed by atoms with van der Waals surface area (Å²) in [6.07, 6.45) is 8.09. The molecule has 9 heterocycles. The number of fused-ring (bicyclic) bond motifs is 3. The zero-order valence-electron chi connectivity index (χ0n) is 55.6. The molecule has 3 atom stereocenters. The van der Waals surface area contributed by atoms with E-state index >= 15 is 0 Å². The maximum Gasteiger partial charge on any atom is 0.251 e. The average Bonchev–Trinajstić information content (AvgIpc) is 0.766. The minimum absolute atomic E-state index is 0.0865. The molecule has 6 aromatic carbocycles. The fraction of sp³-hybridized carbons (Fsp3) is 0.375. The number of halogens is 6. The molecule has 3 amide bonds. The lowest BCUT2D eigenvalue weighted by Gasteiger charge is -2.43. The Labute approximate surface area is 629 Å². The van der Waals surface area contributed by atoms with Gasteiger partial charge >= 0.3 is 0 Å². The molecule has 30 heteroatoms. The number of nitrogens with one attached hydrogen (secondary N) is 3. The highest BCUT2D eigenvalue weighted by molar-refractivity contribution is 14.1. The van der Waals surface area contributed by atoms with E-state index in [1.54, 1.807) is 106 Å². The van der Waals surface area contributed by atoms with E-state index in [9.17, 15) is 27.6 Å². The lowest BCUT2D eigenvalue weighted by molar-refractivity contribution is 0.0942. The molecule has 0 aliphatic carbocycles. The second-order valence-corrected chi connectivity index (χ2v) is 26.8. The molecule has 6 saturated heterocycles. The number of anilines is 6. The van der Waals surface area contributed by atoms with E-state index in [0.717, 1.165) is 146 Å². The van der Waals surface area contributed by atoms with Gasteiger partial charge in [0.15, 0.2) is 0 Å². The molecule has 3 N–H and O–H groups in total. The molecule has 9 aromatic rings. The van der Waals surface area contributed by atoms with Crippen molar-refractivity contribution in [2.45, 2.75) is 37.4 Å². The Morgan fingerprint density at radius 1 is 0.402 bits per heavy atom. The number of rotatable bonds is 21. The van der Waals surface area contributed by atoms with Crippen molar-refractivity contribution in [1.82, 2.24) is 45.9 Å². The van der Waals surface area contributed by atoms with Crippen LogP contribution >= 0.6 is 69.0 Å². The van der Waals surface area contributed by atoms with Gasteiger partial charge in [-0.05, 0) is 109 Å². The molecule has 0 spiro atoms. The summed E-state index contributed by atoms with van der Waals surface area (Å²) in [4.78, 5) is 80.7. The third kappa shape index (κ3) is 17.2. The number of hydrogen-bond donors (Lipinski definition) is 3. The van der Waals surface area contributed by atoms with Crippen molar-refractivity contribution >= 4 is 154 Å². The van der Waals surface area contributed by atoms with E-state index in [0.29, 0.717) is 112 Å². The summed E-state index contributed by atoms with van der Waals surface area (Å²) in [6.45, 7) is 13.5. The summed E-state index contributed by atoms with van der Waals surface area (Å²) in [5.74, 6) is 1.08. The molecule has 6 fully saturated rings. The number of morpholine rings is 3. The predicted molar refractivity (Wildman–Crippen MR) is 408 cm³/mol. The first-order valence-corrected chi connectivity index (χ1v) is 36.6. The summed E-state index contributed by atoms with van der Waals surface area (Å²) in [7, 11) is 0. The third-order valence-corrected chi connectivity index (χ3v) is 20.1. The molecule has 0 radical (unpaired) electrons. The first-order valence-electron chi connectivity index (χ1n) is 33.9. The van der Waals surface area contributed by atoms with Gasteiger partial charge in [0.1, 0.15) is 120 Å². The number of carbonyl (C=O) groups is 3. The van der Waals surface area contributed by atoms with Gasteiger partial charge in [0.25, 0.3) is 17.7 Å². The van der Waals surface area contributed by atoms with Gasteiger partial charge in [-0.15, -0.1) is 0 Å². The lowest BCUT2D eigenvalue weighted by atomic mass is 9.93. The Morgan fingerprint density at radius 2 is 0.667 bits per heavy atom. The number of carbonyl (C=O) groups excluding carboxylic acids is 3.